The molecule has 0 bridgehead atoms. The second-order valence-electron chi connectivity index (χ2n) is 11.0. The molecule has 1 aromatic heterocycles. The van der Waals surface area contributed by atoms with Crippen LogP contribution >= 0.6 is 0 Å². The van der Waals surface area contributed by atoms with Crippen LogP contribution in [0, 0.1) is 6.92 Å². The van der Waals surface area contributed by atoms with Gasteiger partial charge in [0.15, 0.2) is 0 Å². The lowest BCUT2D eigenvalue weighted by molar-refractivity contribution is -0.139. The lowest BCUT2D eigenvalue weighted by Gasteiger charge is -2.19. The fourth-order valence-corrected chi connectivity index (χ4v) is 5.38. The van der Waals surface area contributed by atoms with Gasteiger partial charge in [0.25, 0.3) is 0 Å². The summed E-state index contributed by atoms with van der Waals surface area (Å²) in [5.74, 6) is -1.35. The van der Waals surface area contributed by atoms with Crippen molar-refractivity contribution in [2.75, 3.05) is 6.61 Å². The minimum atomic E-state index is -1.27. The van der Waals surface area contributed by atoms with E-state index >= 15 is 0 Å². The fraction of sp³-hybridized carbons (Fsp3) is 0.281. The molecular weight excluding hydrogens is 508 g/mol. The smallest absolute Gasteiger partial charge is 0.419 e. The molecule has 1 atom stereocenters. The van der Waals surface area contributed by atoms with Crippen LogP contribution < -0.4 is 5.32 Å². The van der Waals surface area contributed by atoms with Crippen molar-refractivity contribution in [3.8, 4) is 11.1 Å². The van der Waals surface area contributed by atoms with Gasteiger partial charge < -0.3 is 19.9 Å². The molecule has 5 rings (SSSR count). The number of alkyl carbamates (subject to hydrolysis) is 1. The van der Waals surface area contributed by atoms with Crippen LogP contribution in [0.3, 0.4) is 0 Å². The SMILES string of the molecule is Cc1cccc2c1c(C[C@H](NC(=O)OCC1c3ccccc3-c3ccccc31)C(=O)O)cn2C(=O)OC(C)(C)C. The summed E-state index contributed by atoms with van der Waals surface area (Å²) < 4.78 is 12.5. The minimum Gasteiger partial charge on any atom is -0.480 e. The van der Waals surface area contributed by atoms with E-state index in [4.69, 9.17) is 9.47 Å². The summed E-state index contributed by atoms with van der Waals surface area (Å²) in [7, 11) is 0. The lowest BCUT2D eigenvalue weighted by atomic mass is 9.98. The van der Waals surface area contributed by atoms with Crippen LogP contribution in [0.4, 0.5) is 9.59 Å². The molecule has 1 aliphatic rings. The van der Waals surface area contributed by atoms with Crippen LogP contribution in [-0.2, 0) is 20.7 Å². The van der Waals surface area contributed by atoms with Gasteiger partial charge >= 0.3 is 18.2 Å². The van der Waals surface area contributed by atoms with E-state index in [-0.39, 0.29) is 18.9 Å². The molecule has 1 amide bonds. The predicted molar refractivity (Wildman–Crippen MR) is 152 cm³/mol. The Hall–Kier alpha value is -4.59. The topological polar surface area (TPSA) is 107 Å². The molecule has 1 heterocycles. The van der Waals surface area contributed by atoms with Crippen LogP contribution in [0.15, 0.2) is 72.9 Å². The zero-order valence-electron chi connectivity index (χ0n) is 22.9. The van der Waals surface area contributed by atoms with Crippen LogP contribution in [0.25, 0.3) is 22.0 Å². The normalized spacial score (nSPS) is 13.4. The Kier molecular flexibility index (Phi) is 7.10. The maximum Gasteiger partial charge on any atom is 0.419 e. The number of ether oxygens (including phenoxy) is 2. The number of hydrogen-bond donors (Lipinski definition) is 2. The van der Waals surface area contributed by atoms with Gasteiger partial charge in [0.2, 0.25) is 0 Å². The molecule has 0 saturated heterocycles. The summed E-state index contributed by atoms with van der Waals surface area (Å²) >= 11 is 0. The third kappa shape index (κ3) is 5.30. The number of benzene rings is 3. The second kappa shape index (κ2) is 10.5. The van der Waals surface area contributed by atoms with Gasteiger partial charge in [-0.15, -0.1) is 0 Å². The monoisotopic (exact) mass is 540 g/mol. The molecule has 1 aliphatic carbocycles. The average Bonchev–Trinajstić information content (AvgIpc) is 3.43. The van der Waals surface area contributed by atoms with Crippen LogP contribution in [0.2, 0.25) is 0 Å². The van der Waals surface area contributed by atoms with Gasteiger partial charge in [0.05, 0.1) is 5.52 Å². The maximum absolute atomic E-state index is 12.9. The Balaban J connectivity index is 1.34. The largest absolute Gasteiger partial charge is 0.480 e. The molecule has 0 unspecified atom stereocenters. The first-order chi connectivity index (χ1) is 19.0. The number of nitrogens with one attached hydrogen (secondary N) is 1. The highest BCUT2D eigenvalue weighted by Crippen LogP contribution is 2.44. The van der Waals surface area contributed by atoms with E-state index in [2.05, 4.69) is 5.32 Å². The second-order valence-corrected chi connectivity index (χ2v) is 11.0. The molecule has 3 aromatic carbocycles. The van der Waals surface area contributed by atoms with Crippen molar-refractivity contribution < 1.29 is 29.0 Å². The highest BCUT2D eigenvalue weighted by atomic mass is 16.6. The van der Waals surface area contributed by atoms with Gasteiger partial charge in [-0.2, -0.15) is 0 Å². The number of aliphatic carboxylic acids is 1. The molecule has 0 spiro atoms. The zero-order valence-corrected chi connectivity index (χ0v) is 22.9. The Bertz CT molecular complexity index is 1570. The molecule has 0 saturated carbocycles. The molecule has 8 nitrogen and oxygen atoms in total. The molecular formula is C32H32N2O6. The minimum absolute atomic E-state index is 0.0450. The Morgan fingerprint density at radius 3 is 2.17 bits per heavy atom. The van der Waals surface area contributed by atoms with Crippen molar-refractivity contribution in [1.82, 2.24) is 9.88 Å². The molecule has 0 radical (unpaired) electrons. The van der Waals surface area contributed by atoms with E-state index in [0.29, 0.717) is 11.1 Å². The third-order valence-corrected chi connectivity index (χ3v) is 7.06. The molecule has 0 aliphatic heterocycles. The number of aryl methyl sites for hydroxylation is 1. The van der Waals surface area contributed by atoms with Gasteiger partial charge in [-0.25, -0.2) is 14.4 Å². The van der Waals surface area contributed by atoms with Crippen molar-refractivity contribution in [2.24, 2.45) is 0 Å². The fourth-order valence-electron chi connectivity index (χ4n) is 5.38. The zero-order chi connectivity index (χ0) is 28.6. The summed E-state index contributed by atoms with van der Waals surface area (Å²) in [5, 5.41) is 13.2. The van der Waals surface area contributed by atoms with Crippen molar-refractivity contribution in [3.63, 3.8) is 0 Å². The van der Waals surface area contributed by atoms with Crippen LogP contribution in [0.1, 0.15) is 48.9 Å². The van der Waals surface area contributed by atoms with E-state index < -0.39 is 29.8 Å². The van der Waals surface area contributed by atoms with E-state index in [1.165, 1.54) is 4.57 Å². The number of carbonyl (C=O) groups excluding carboxylic acids is 2. The molecule has 206 valence electrons. The van der Waals surface area contributed by atoms with Crippen molar-refractivity contribution in [3.05, 3.63) is 95.2 Å². The predicted octanol–water partition coefficient (Wildman–Crippen LogP) is 6.27. The number of carboxylic acid groups (broad SMARTS) is 1. The van der Waals surface area contributed by atoms with Gasteiger partial charge in [-0.1, -0.05) is 60.7 Å². The van der Waals surface area contributed by atoms with Gasteiger partial charge in [-0.3, -0.25) is 4.57 Å². The molecule has 2 N–H and O–H groups in total. The summed E-state index contributed by atoms with van der Waals surface area (Å²) in [6.07, 6.45) is 0.158. The Morgan fingerprint density at radius 1 is 0.950 bits per heavy atom. The highest BCUT2D eigenvalue weighted by molar-refractivity contribution is 5.94. The lowest BCUT2D eigenvalue weighted by Crippen LogP contribution is -2.42. The number of amides is 1. The molecule has 4 aromatic rings. The van der Waals surface area contributed by atoms with Gasteiger partial charge in [0, 0.05) is 23.9 Å². The van der Waals surface area contributed by atoms with Gasteiger partial charge in [0.1, 0.15) is 18.2 Å². The number of carboxylic acids is 1. The van der Waals surface area contributed by atoms with E-state index in [0.717, 1.165) is 33.2 Å². The van der Waals surface area contributed by atoms with E-state index in [1.54, 1.807) is 33.0 Å². The standard InChI is InChI=1S/C32H32N2O6/c1-19-10-9-15-27-28(19)20(17-34(27)31(38)40-32(2,3)4)16-26(29(35)36)33-30(37)39-18-25-23-13-7-5-11-21(23)22-12-6-8-14-24(22)25/h5-15,17,25-26H,16,18H2,1-4H3,(H,33,37)(H,35,36)/t26-/m0/s1. The van der Waals surface area contributed by atoms with Crippen molar-refractivity contribution >= 4 is 29.1 Å². The number of aromatic nitrogens is 1. The number of rotatable bonds is 6. The van der Waals surface area contributed by atoms with E-state index in [1.807, 2.05) is 67.6 Å². The Morgan fingerprint density at radius 2 is 1.57 bits per heavy atom. The Labute approximate surface area is 232 Å². The first-order valence-electron chi connectivity index (χ1n) is 13.2. The number of nitrogens with zero attached hydrogens (tertiary/aromatic N) is 1. The summed E-state index contributed by atoms with van der Waals surface area (Å²) in [6, 6.07) is 20.2. The molecule has 8 heteroatoms. The van der Waals surface area contributed by atoms with E-state index in [9.17, 15) is 19.5 Å². The first kappa shape index (κ1) is 27.0. The van der Waals surface area contributed by atoms with Crippen LogP contribution in [0.5, 0.6) is 0 Å². The average molecular weight is 541 g/mol. The number of hydrogen-bond acceptors (Lipinski definition) is 5. The molecule has 40 heavy (non-hydrogen) atoms. The highest BCUT2D eigenvalue weighted by Gasteiger charge is 2.30. The summed E-state index contributed by atoms with van der Waals surface area (Å²) in [5.41, 5.74) is 5.72. The number of fused-ring (bicyclic) bond motifs is 4. The maximum atomic E-state index is 12.9. The third-order valence-electron chi connectivity index (χ3n) is 7.06. The quantitative estimate of drug-likeness (QED) is 0.299. The summed E-state index contributed by atoms with van der Waals surface area (Å²) in [6.45, 7) is 7.30. The summed E-state index contributed by atoms with van der Waals surface area (Å²) in [4.78, 5) is 38.0. The van der Waals surface area contributed by atoms with Crippen molar-refractivity contribution in [2.45, 2.75) is 51.7 Å². The van der Waals surface area contributed by atoms with Gasteiger partial charge in [-0.05, 0) is 67.1 Å². The first-order valence-corrected chi connectivity index (χ1v) is 13.2. The number of carbonyl (C=O) groups is 3. The van der Waals surface area contributed by atoms with Crippen molar-refractivity contribution in [1.29, 1.82) is 0 Å². The van der Waals surface area contributed by atoms with Crippen LogP contribution in [-0.4, -0.2) is 46.1 Å². The molecule has 0 fully saturated rings.